The van der Waals surface area contributed by atoms with Crippen LogP contribution in [0.3, 0.4) is 0 Å². The Morgan fingerprint density at radius 3 is 2.07 bits per heavy atom. The molecule has 2 aromatic rings. The van der Waals surface area contributed by atoms with Crippen molar-refractivity contribution < 1.29 is 13.2 Å². The van der Waals surface area contributed by atoms with Gasteiger partial charge in [-0.25, -0.2) is 8.42 Å². The van der Waals surface area contributed by atoms with E-state index in [1.54, 1.807) is 60.3 Å². The molecule has 162 valence electrons. The van der Waals surface area contributed by atoms with Crippen LogP contribution in [0.2, 0.25) is 0 Å². The van der Waals surface area contributed by atoms with Crippen LogP contribution in [0.15, 0.2) is 58.3 Å². The smallest absolute Gasteiger partial charge is 0.264 e. The third-order valence-electron chi connectivity index (χ3n) is 5.65. The number of nitrogens with one attached hydrogen (secondary N) is 1. The quantitative estimate of drug-likeness (QED) is 0.629. The number of amides is 1. The summed E-state index contributed by atoms with van der Waals surface area (Å²) in [5, 5.41) is 3.15. The first-order valence-electron chi connectivity index (χ1n) is 10.5. The highest BCUT2D eigenvalue weighted by Gasteiger charge is 2.22. The molecule has 7 heteroatoms. The van der Waals surface area contributed by atoms with E-state index in [2.05, 4.69) is 5.32 Å². The number of hydrogen-bond acceptors (Lipinski definition) is 4. The van der Waals surface area contributed by atoms with Gasteiger partial charge < -0.3 is 5.32 Å². The van der Waals surface area contributed by atoms with Gasteiger partial charge in [0.15, 0.2) is 0 Å². The van der Waals surface area contributed by atoms with Crippen LogP contribution in [0.1, 0.15) is 55.3 Å². The average molecular weight is 447 g/mol. The van der Waals surface area contributed by atoms with E-state index in [1.807, 2.05) is 6.26 Å². The lowest BCUT2D eigenvalue weighted by molar-refractivity contribution is 0.0930. The van der Waals surface area contributed by atoms with E-state index < -0.39 is 10.0 Å². The number of sulfonamides is 1. The molecule has 1 aliphatic rings. The molecule has 3 rings (SSSR count). The van der Waals surface area contributed by atoms with Gasteiger partial charge in [-0.2, -0.15) is 0 Å². The van der Waals surface area contributed by atoms with Crippen molar-refractivity contribution in [2.45, 2.75) is 60.8 Å². The third kappa shape index (κ3) is 5.58. The van der Waals surface area contributed by atoms with Gasteiger partial charge in [0, 0.05) is 23.5 Å². The van der Waals surface area contributed by atoms with Gasteiger partial charge in [-0.1, -0.05) is 32.1 Å². The molecule has 0 aliphatic heterocycles. The van der Waals surface area contributed by atoms with Crippen molar-refractivity contribution in [3.8, 4) is 0 Å². The van der Waals surface area contributed by atoms with Crippen molar-refractivity contribution in [2.75, 3.05) is 17.6 Å². The van der Waals surface area contributed by atoms with E-state index in [4.69, 9.17) is 0 Å². The molecule has 0 spiro atoms. The lowest BCUT2D eigenvalue weighted by Crippen LogP contribution is -2.35. The number of rotatable bonds is 6. The standard InChI is InChI=1S/C23H30N2O3S2/c1-25(30(27,28)22-16-14-21(29-2)15-17-22)20-12-10-18(11-13-20)23(26)24-19-8-6-4-3-5-7-9-19/h10-17,19H,3-9H2,1-2H3,(H,24,26). The zero-order valence-electron chi connectivity index (χ0n) is 17.6. The molecule has 1 aliphatic carbocycles. The van der Waals surface area contributed by atoms with Crippen LogP contribution in [-0.2, 0) is 10.0 Å². The Labute approximate surface area is 184 Å². The molecular weight excluding hydrogens is 416 g/mol. The normalized spacial score (nSPS) is 15.8. The van der Waals surface area contributed by atoms with Gasteiger partial charge in [-0.05, 0) is 67.6 Å². The number of carbonyl (C=O) groups excluding carboxylic acids is 1. The molecular formula is C23H30N2O3S2. The van der Waals surface area contributed by atoms with Crippen LogP contribution in [0.4, 0.5) is 5.69 Å². The van der Waals surface area contributed by atoms with Crippen LogP contribution < -0.4 is 9.62 Å². The van der Waals surface area contributed by atoms with Gasteiger partial charge in [-0.3, -0.25) is 9.10 Å². The lowest BCUT2D eigenvalue weighted by atomic mass is 9.96. The van der Waals surface area contributed by atoms with E-state index in [1.165, 1.54) is 30.6 Å². The second kappa shape index (κ2) is 10.4. The van der Waals surface area contributed by atoms with Crippen molar-refractivity contribution in [3.05, 3.63) is 54.1 Å². The number of hydrogen-bond donors (Lipinski definition) is 1. The van der Waals surface area contributed by atoms with Crippen molar-refractivity contribution in [3.63, 3.8) is 0 Å². The fraction of sp³-hybridized carbons (Fsp3) is 0.435. The molecule has 1 fully saturated rings. The van der Waals surface area contributed by atoms with Crippen LogP contribution in [0, 0.1) is 0 Å². The summed E-state index contributed by atoms with van der Waals surface area (Å²) in [5.74, 6) is -0.0923. The number of anilines is 1. The van der Waals surface area contributed by atoms with Crippen molar-refractivity contribution >= 4 is 33.4 Å². The van der Waals surface area contributed by atoms with Crippen LogP contribution in [-0.4, -0.2) is 33.7 Å². The maximum absolute atomic E-state index is 12.9. The van der Waals surface area contributed by atoms with Gasteiger partial charge in [0.2, 0.25) is 0 Å². The minimum absolute atomic E-state index is 0.0923. The summed E-state index contributed by atoms with van der Waals surface area (Å²) in [4.78, 5) is 13.9. The number of carbonyl (C=O) groups is 1. The molecule has 30 heavy (non-hydrogen) atoms. The van der Waals surface area contributed by atoms with Gasteiger partial charge in [0.25, 0.3) is 15.9 Å². The molecule has 1 saturated carbocycles. The van der Waals surface area contributed by atoms with Crippen LogP contribution >= 0.6 is 11.8 Å². The maximum Gasteiger partial charge on any atom is 0.264 e. The molecule has 5 nitrogen and oxygen atoms in total. The average Bonchev–Trinajstić information content (AvgIpc) is 2.75. The van der Waals surface area contributed by atoms with Gasteiger partial charge in [0.05, 0.1) is 10.6 Å². The number of nitrogens with zero attached hydrogens (tertiary/aromatic N) is 1. The molecule has 1 amide bonds. The molecule has 0 saturated heterocycles. The number of thioether (sulfide) groups is 1. The first kappa shape index (κ1) is 22.7. The predicted octanol–water partition coefficient (Wildman–Crippen LogP) is 5.08. The number of benzene rings is 2. The minimum Gasteiger partial charge on any atom is -0.349 e. The highest BCUT2D eigenvalue weighted by molar-refractivity contribution is 7.98. The third-order valence-corrected chi connectivity index (χ3v) is 8.19. The van der Waals surface area contributed by atoms with E-state index in [-0.39, 0.29) is 16.8 Å². The topological polar surface area (TPSA) is 66.5 Å². The summed E-state index contributed by atoms with van der Waals surface area (Å²) < 4.78 is 27.1. The van der Waals surface area contributed by atoms with Gasteiger partial charge in [-0.15, -0.1) is 11.8 Å². The summed E-state index contributed by atoms with van der Waals surface area (Å²) in [6.07, 6.45) is 10.1. The Hall–Kier alpha value is -1.99. The molecule has 0 aromatic heterocycles. The predicted molar refractivity (Wildman–Crippen MR) is 124 cm³/mol. The summed E-state index contributed by atoms with van der Waals surface area (Å²) >= 11 is 1.57. The largest absolute Gasteiger partial charge is 0.349 e. The molecule has 2 aromatic carbocycles. The zero-order chi connectivity index (χ0) is 21.6. The molecule has 0 unspecified atom stereocenters. The molecule has 0 heterocycles. The molecule has 0 atom stereocenters. The Kier molecular flexibility index (Phi) is 7.83. The fourth-order valence-electron chi connectivity index (χ4n) is 3.74. The van der Waals surface area contributed by atoms with Crippen molar-refractivity contribution in [1.82, 2.24) is 5.32 Å². The zero-order valence-corrected chi connectivity index (χ0v) is 19.3. The van der Waals surface area contributed by atoms with E-state index in [0.717, 1.165) is 30.6 Å². The SMILES string of the molecule is CSc1ccc(S(=O)(=O)N(C)c2ccc(C(=O)NC3CCCCCCC3)cc2)cc1. The summed E-state index contributed by atoms with van der Waals surface area (Å²) in [7, 11) is -2.13. The van der Waals surface area contributed by atoms with E-state index in [0.29, 0.717) is 11.3 Å². The minimum atomic E-state index is -3.66. The van der Waals surface area contributed by atoms with Crippen LogP contribution in [0.25, 0.3) is 0 Å². The first-order valence-corrected chi connectivity index (χ1v) is 13.1. The second-order valence-corrected chi connectivity index (χ2v) is 10.6. The Morgan fingerprint density at radius 1 is 0.933 bits per heavy atom. The Morgan fingerprint density at radius 2 is 1.50 bits per heavy atom. The van der Waals surface area contributed by atoms with Gasteiger partial charge in [0.1, 0.15) is 0 Å². The van der Waals surface area contributed by atoms with E-state index >= 15 is 0 Å². The summed E-state index contributed by atoms with van der Waals surface area (Å²) in [6.45, 7) is 0. The molecule has 0 bridgehead atoms. The van der Waals surface area contributed by atoms with Crippen molar-refractivity contribution in [2.24, 2.45) is 0 Å². The highest BCUT2D eigenvalue weighted by Crippen LogP contribution is 2.25. The highest BCUT2D eigenvalue weighted by atomic mass is 32.2. The van der Waals surface area contributed by atoms with Crippen LogP contribution in [0.5, 0.6) is 0 Å². The monoisotopic (exact) mass is 446 g/mol. The molecule has 1 N–H and O–H groups in total. The van der Waals surface area contributed by atoms with Gasteiger partial charge >= 0.3 is 0 Å². The second-order valence-electron chi connectivity index (χ2n) is 7.71. The Balaban J connectivity index is 1.68. The van der Waals surface area contributed by atoms with E-state index in [9.17, 15) is 13.2 Å². The summed E-state index contributed by atoms with van der Waals surface area (Å²) in [6, 6.07) is 13.8. The summed E-state index contributed by atoms with van der Waals surface area (Å²) in [5.41, 5.74) is 1.07. The lowest BCUT2D eigenvalue weighted by Gasteiger charge is -2.22. The fourth-order valence-corrected chi connectivity index (χ4v) is 5.34. The Bertz CT molecular complexity index is 933. The van der Waals surface area contributed by atoms with Crippen molar-refractivity contribution in [1.29, 1.82) is 0 Å². The molecule has 0 radical (unpaired) electrons. The maximum atomic E-state index is 12.9. The first-order chi connectivity index (χ1) is 14.4.